The van der Waals surface area contributed by atoms with E-state index < -0.39 is 0 Å². The van der Waals surface area contributed by atoms with Crippen LogP contribution in [0, 0.1) is 0 Å². The molecule has 218 valence electrons. The smallest absolute Gasteiger partial charge is 0.231 e. The van der Waals surface area contributed by atoms with E-state index in [0.717, 1.165) is 70.9 Å². The van der Waals surface area contributed by atoms with Gasteiger partial charge in [0.25, 0.3) is 0 Å². The Morgan fingerprint density at radius 1 is 0.500 bits per heavy atom. The predicted molar refractivity (Wildman–Crippen MR) is 158 cm³/mol. The van der Waals surface area contributed by atoms with Gasteiger partial charge >= 0.3 is 0 Å². The lowest BCUT2D eigenvalue weighted by Gasteiger charge is -2.17. The lowest BCUT2D eigenvalue weighted by Crippen LogP contribution is -2.01. The molecule has 6 rings (SSSR count). The second-order valence-electron chi connectivity index (χ2n) is 10.1. The van der Waals surface area contributed by atoms with E-state index in [2.05, 4.69) is 24.3 Å². The van der Waals surface area contributed by atoms with Crippen LogP contribution < -0.4 is 37.9 Å². The van der Waals surface area contributed by atoms with E-state index in [1.807, 2.05) is 36.4 Å². The molecule has 0 N–H and O–H groups in total. The molecule has 42 heavy (non-hydrogen) atoms. The van der Waals surface area contributed by atoms with E-state index in [0.29, 0.717) is 23.0 Å². The van der Waals surface area contributed by atoms with E-state index in [4.69, 9.17) is 37.9 Å². The Bertz CT molecular complexity index is 1480. The zero-order valence-corrected chi connectivity index (χ0v) is 24.3. The maximum Gasteiger partial charge on any atom is 0.231 e. The van der Waals surface area contributed by atoms with Gasteiger partial charge in [-0.05, 0) is 108 Å². The number of hydrogen-bond acceptors (Lipinski definition) is 8. The summed E-state index contributed by atoms with van der Waals surface area (Å²) in [4.78, 5) is 0. The quantitative estimate of drug-likeness (QED) is 0.205. The van der Waals surface area contributed by atoms with Gasteiger partial charge in [0.05, 0.1) is 28.4 Å². The Hall–Kier alpha value is -4.72. The molecule has 8 heteroatoms. The maximum absolute atomic E-state index is 5.65. The second-order valence-corrected chi connectivity index (χ2v) is 10.1. The van der Waals surface area contributed by atoms with E-state index in [9.17, 15) is 0 Å². The molecule has 0 unspecified atom stereocenters. The fourth-order valence-corrected chi connectivity index (χ4v) is 5.52. The van der Waals surface area contributed by atoms with Crippen molar-refractivity contribution in [2.75, 3.05) is 42.0 Å². The minimum absolute atomic E-state index is 0.204. The second kappa shape index (κ2) is 12.0. The average Bonchev–Trinajstić information content (AvgIpc) is 3.71. The van der Waals surface area contributed by atoms with Crippen molar-refractivity contribution in [2.24, 2.45) is 0 Å². The molecular formula is C34H34O8. The summed E-state index contributed by atoms with van der Waals surface area (Å²) in [6, 6.07) is 20.6. The number of methoxy groups -OCH3 is 4. The highest BCUT2D eigenvalue weighted by atomic mass is 16.7. The van der Waals surface area contributed by atoms with Crippen LogP contribution in [0.4, 0.5) is 0 Å². The number of benzene rings is 4. The molecule has 0 saturated carbocycles. The normalized spacial score (nSPS) is 12.8. The van der Waals surface area contributed by atoms with Gasteiger partial charge in [0, 0.05) is 0 Å². The molecule has 4 aromatic carbocycles. The van der Waals surface area contributed by atoms with Crippen LogP contribution in [0.15, 0.2) is 60.7 Å². The number of rotatable bonds is 11. The van der Waals surface area contributed by atoms with E-state index in [-0.39, 0.29) is 13.6 Å². The molecular weight excluding hydrogens is 536 g/mol. The highest BCUT2D eigenvalue weighted by Gasteiger charge is 2.22. The van der Waals surface area contributed by atoms with E-state index in [1.54, 1.807) is 28.4 Å². The average molecular weight is 571 g/mol. The first kappa shape index (κ1) is 27.4. The first-order valence-corrected chi connectivity index (χ1v) is 13.9. The molecule has 0 amide bonds. The van der Waals surface area contributed by atoms with Crippen molar-refractivity contribution in [3.63, 3.8) is 0 Å². The molecule has 0 spiro atoms. The molecule has 0 atom stereocenters. The molecule has 0 bridgehead atoms. The summed E-state index contributed by atoms with van der Waals surface area (Å²) in [5, 5.41) is 0. The van der Waals surface area contributed by atoms with Crippen molar-refractivity contribution in [1.82, 2.24) is 0 Å². The maximum atomic E-state index is 5.65. The third kappa shape index (κ3) is 5.44. The zero-order chi connectivity index (χ0) is 29.1. The van der Waals surface area contributed by atoms with Gasteiger partial charge in [0.1, 0.15) is 11.5 Å². The fourth-order valence-electron chi connectivity index (χ4n) is 5.52. The Balaban J connectivity index is 1.31. The van der Waals surface area contributed by atoms with Crippen LogP contribution in [0.5, 0.6) is 46.0 Å². The van der Waals surface area contributed by atoms with Gasteiger partial charge in [-0.25, -0.2) is 0 Å². The molecule has 4 aromatic rings. The minimum Gasteiger partial charge on any atom is -0.497 e. The van der Waals surface area contributed by atoms with Gasteiger partial charge in [-0.15, -0.1) is 0 Å². The van der Waals surface area contributed by atoms with Crippen molar-refractivity contribution in [2.45, 2.75) is 25.7 Å². The first-order chi connectivity index (χ1) is 20.6. The molecule has 0 fully saturated rings. The van der Waals surface area contributed by atoms with Crippen LogP contribution in [0.3, 0.4) is 0 Å². The fraction of sp³-hybridized carbons (Fsp3) is 0.294. The largest absolute Gasteiger partial charge is 0.497 e. The highest BCUT2D eigenvalue weighted by molar-refractivity contribution is 5.74. The van der Waals surface area contributed by atoms with Crippen LogP contribution in [-0.2, 0) is 25.7 Å². The minimum atomic E-state index is 0.204. The van der Waals surface area contributed by atoms with Gasteiger partial charge < -0.3 is 37.9 Å². The summed E-state index contributed by atoms with van der Waals surface area (Å²) in [5.74, 6) is 5.72. The lowest BCUT2D eigenvalue weighted by molar-refractivity contribution is 0.171. The van der Waals surface area contributed by atoms with Gasteiger partial charge in [-0.1, -0.05) is 12.1 Å². The number of hydrogen-bond donors (Lipinski definition) is 0. The van der Waals surface area contributed by atoms with Crippen LogP contribution >= 0.6 is 0 Å². The summed E-state index contributed by atoms with van der Waals surface area (Å²) >= 11 is 0. The van der Waals surface area contributed by atoms with Crippen LogP contribution in [0.25, 0.3) is 11.1 Å². The van der Waals surface area contributed by atoms with Gasteiger partial charge in [-0.2, -0.15) is 0 Å². The van der Waals surface area contributed by atoms with Gasteiger partial charge in [0.15, 0.2) is 23.0 Å². The third-order valence-corrected chi connectivity index (χ3v) is 7.73. The summed E-state index contributed by atoms with van der Waals surface area (Å²) in [6.45, 7) is 0.408. The topological polar surface area (TPSA) is 73.8 Å². The van der Waals surface area contributed by atoms with Gasteiger partial charge in [0.2, 0.25) is 25.1 Å². The van der Waals surface area contributed by atoms with Crippen LogP contribution in [-0.4, -0.2) is 42.0 Å². The van der Waals surface area contributed by atoms with E-state index >= 15 is 0 Å². The summed E-state index contributed by atoms with van der Waals surface area (Å²) < 4.78 is 44.9. The molecule has 0 aliphatic carbocycles. The molecule has 0 saturated heterocycles. The van der Waals surface area contributed by atoms with Crippen molar-refractivity contribution in [3.05, 3.63) is 82.9 Å². The molecule has 0 aromatic heterocycles. The summed E-state index contributed by atoms with van der Waals surface area (Å²) in [6.07, 6.45) is 3.20. The third-order valence-electron chi connectivity index (χ3n) is 7.73. The van der Waals surface area contributed by atoms with Crippen molar-refractivity contribution < 1.29 is 37.9 Å². The Morgan fingerprint density at radius 3 is 1.36 bits per heavy atom. The zero-order valence-electron chi connectivity index (χ0n) is 24.3. The van der Waals surface area contributed by atoms with E-state index in [1.165, 1.54) is 11.1 Å². The van der Waals surface area contributed by atoms with Crippen LogP contribution in [0.2, 0.25) is 0 Å². The Morgan fingerprint density at radius 2 is 0.952 bits per heavy atom. The molecule has 2 aliphatic heterocycles. The predicted octanol–water partition coefficient (Wildman–Crippen LogP) is 6.42. The number of ether oxygens (including phenoxy) is 8. The Kier molecular flexibility index (Phi) is 7.86. The molecule has 2 heterocycles. The highest BCUT2D eigenvalue weighted by Crippen LogP contribution is 2.44. The van der Waals surface area contributed by atoms with Crippen LogP contribution in [0.1, 0.15) is 22.3 Å². The van der Waals surface area contributed by atoms with Crippen molar-refractivity contribution >= 4 is 0 Å². The number of fused-ring (bicyclic) bond motifs is 2. The van der Waals surface area contributed by atoms with Crippen molar-refractivity contribution in [1.29, 1.82) is 0 Å². The molecule has 0 radical (unpaired) electrons. The molecule has 2 aliphatic rings. The van der Waals surface area contributed by atoms with Gasteiger partial charge in [-0.3, -0.25) is 0 Å². The number of aryl methyl sites for hydroxylation is 4. The lowest BCUT2D eigenvalue weighted by atomic mass is 9.89. The Labute approximate surface area is 245 Å². The van der Waals surface area contributed by atoms with Crippen molar-refractivity contribution in [3.8, 4) is 57.1 Å². The molecule has 8 nitrogen and oxygen atoms in total. The summed E-state index contributed by atoms with van der Waals surface area (Å²) in [5.41, 5.74) is 6.85. The summed E-state index contributed by atoms with van der Waals surface area (Å²) in [7, 11) is 6.67. The standard InChI is InChI=1S/C34H34O8/c1-35-25-11-9-23(7-5-21-13-29(37-3)33-31(15-21)39-19-41-33)27(17-25)28-18-26(36-2)12-10-24(28)8-6-22-14-30(38-4)34-32(16-22)40-20-42-34/h9-18H,5-8,19-20H2,1-4H3. The monoisotopic (exact) mass is 570 g/mol. The first-order valence-electron chi connectivity index (χ1n) is 13.9. The SMILES string of the molecule is COc1ccc(CCc2cc(OC)c3c(c2)OCO3)c(-c2cc(OC)ccc2CCc2cc(OC)c3c(c2)OCO3)c1.